The molecule has 19 heavy (non-hydrogen) atoms. The lowest BCUT2D eigenvalue weighted by molar-refractivity contribution is 0.102. The van der Waals surface area contributed by atoms with E-state index in [1.54, 1.807) is 6.92 Å². The van der Waals surface area contributed by atoms with Crippen molar-refractivity contribution in [3.63, 3.8) is 0 Å². The van der Waals surface area contributed by atoms with Crippen LogP contribution in [-0.2, 0) is 6.42 Å². The number of halogens is 1. The molecule has 1 unspecified atom stereocenters. The van der Waals surface area contributed by atoms with Crippen molar-refractivity contribution in [1.29, 1.82) is 0 Å². The zero-order chi connectivity index (χ0) is 13.8. The second kappa shape index (κ2) is 5.85. The minimum absolute atomic E-state index is 0.215. The molecule has 0 aliphatic heterocycles. The molecule has 1 aromatic carbocycles. The minimum Gasteiger partial charge on any atom is -0.393 e. The van der Waals surface area contributed by atoms with Crippen molar-refractivity contribution in [2.24, 2.45) is 0 Å². The number of rotatable bonds is 4. The molecule has 100 valence electrons. The number of nitrogens with one attached hydrogen (secondary N) is 1. The van der Waals surface area contributed by atoms with E-state index < -0.39 is 17.8 Å². The van der Waals surface area contributed by atoms with Crippen LogP contribution in [0.2, 0.25) is 0 Å². The van der Waals surface area contributed by atoms with Crippen molar-refractivity contribution in [2.45, 2.75) is 19.4 Å². The highest BCUT2D eigenvalue weighted by molar-refractivity contribution is 7.09. The van der Waals surface area contributed by atoms with E-state index >= 15 is 0 Å². The Labute approximate surface area is 113 Å². The lowest BCUT2D eigenvalue weighted by Gasteiger charge is -2.01. The van der Waals surface area contributed by atoms with Crippen molar-refractivity contribution in [3.05, 3.63) is 41.5 Å². The molecule has 2 N–H and O–H groups in total. The summed E-state index contributed by atoms with van der Waals surface area (Å²) in [5, 5.41) is 12.1. The van der Waals surface area contributed by atoms with Gasteiger partial charge < -0.3 is 5.11 Å². The SMILES string of the molecule is CC(O)Cc1nsc(NC(=O)c2cccc(F)c2)n1. The van der Waals surface area contributed by atoms with E-state index in [2.05, 4.69) is 14.7 Å². The summed E-state index contributed by atoms with van der Waals surface area (Å²) in [7, 11) is 0. The lowest BCUT2D eigenvalue weighted by Crippen LogP contribution is -2.12. The summed E-state index contributed by atoms with van der Waals surface area (Å²) in [5.41, 5.74) is 0.215. The van der Waals surface area contributed by atoms with Crippen LogP contribution in [0, 0.1) is 5.82 Å². The molecule has 1 aromatic heterocycles. The lowest BCUT2D eigenvalue weighted by atomic mass is 10.2. The molecule has 0 spiro atoms. The van der Waals surface area contributed by atoms with Gasteiger partial charge in [0.15, 0.2) is 0 Å². The van der Waals surface area contributed by atoms with Gasteiger partial charge in [0.25, 0.3) is 5.91 Å². The standard InChI is InChI=1S/C12H12FN3O2S/c1-7(17)5-10-14-12(19-16-10)15-11(18)8-3-2-4-9(13)6-8/h2-4,6-7,17H,5H2,1H3,(H,14,15,16,18). The van der Waals surface area contributed by atoms with Crippen LogP contribution in [0.25, 0.3) is 0 Å². The Balaban J connectivity index is 2.05. The van der Waals surface area contributed by atoms with Gasteiger partial charge >= 0.3 is 0 Å². The maximum Gasteiger partial charge on any atom is 0.257 e. The number of aliphatic hydroxyl groups is 1. The van der Waals surface area contributed by atoms with Crippen LogP contribution in [0.5, 0.6) is 0 Å². The molecular weight excluding hydrogens is 269 g/mol. The number of hydrogen-bond donors (Lipinski definition) is 2. The Kier molecular flexibility index (Phi) is 4.18. The van der Waals surface area contributed by atoms with Crippen LogP contribution < -0.4 is 5.32 Å². The first-order valence-electron chi connectivity index (χ1n) is 5.62. The van der Waals surface area contributed by atoms with Gasteiger partial charge in [0, 0.05) is 23.5 Å². The molecule has 0 fully saturated rings. The van der Waals surface area contributed by atoms with Gasteiger partial charge in [0.05, 0.1) is 6.10 Å². The second-order valence-corrected chi connectivity index (χ2v) is 4.79. The molecule has 1 amide bonds. The van der Waals surface area contributed by atoms with Gasteiger partial charge in [0.1, 0.15) is 11.6 Å². The summed E-state index contributed by atoms with van der Waals surface area (Å²) >= 11 is 1.02. The zero-order valence-corrected chi connectivity index (χ0v) is 10.9. The number of aromatic nitrogens is 2. The van der Waals surface area contributed by atoms with Gasteiger partial charge in [0.2, 0.25) is 5.13 Å². The quantitative estimate of drug-likeness (QED) is 0.897. The van der Waals surface area contributed by atoms with E-state index in [1.807, 2.05) is 0 Å². The van der Waals surface area contributed by atoms with Crippen molar-refractivity contribution >= 4 is 22.6 Å². The Morgan fingerprint density at radius 1 is 1.58 bits per heavy atom. The summed E-state index contributed by atoms with van der Waals surface area (Å²) in [6, 6.07) is 5.38. The van der Waals surface area contributed by atoms with E-state index in [9.17, 15) is 14.3 Å². The zero-order valence-electron chi connectivity index (χ0n) is 10.1. The van der Waals surface area contributed by atoms with Crippen LogP contribution in [0.3, 0.4) is 0 Å². The molecule has 2 rings (SSSR count). The summed E-state index contributed by atoms with van der Waals surface area (Å²) in [5.74, 6) is -0.450. The normalized spacial score (nSPS) is 12.2. The monoisotopic (exact) mass is 281 g/mol. The van der Waals surface area contributed by atoms with E-state index in [0.717, 1.165) is 17.6 Å². The highest BCUT2D eigenvalue weighted by Crippen LogP contribution is 2.14. The molecule has 1 heterocycles. The number of aliphatic hydroxyl groups excluding tert-OH is 1. The number of carbonyl (C=O) groups excluding carboxylic acids is 1. The van der Waals surface area contributed by atoms with Crippen molar-refractivity contribution in [3.8, 4) is 0 Å². The molecule has 0 bridgehead atoms. The van der Waals surface area contributed by atoms with Crippen molar-refractivity contribution in [1.82, 2.24) is 9.36 Å². The number of anilines is 1. The maximum absolute atomic E-state index is 13.0. The number of benzene rings is 1. The fraction of sp³-hybridized carbons (Fsp3) is 0.250. The van der Waals surface area contributed by atoms with Crippen LogP contribution in [0.15, 0.2) is 24.3 Å². The van der Waals surface area contributed by atoms with Gasteiger partial charge in [-0.1, -0.05) is 6.07 Å². The smallest absolute Gasteiger partial charge is 0.257 e. The van der Waals surface area contributed by atoms with Crippen molar-refractivity contribution in [2.75, 3.05) is 5.32 Å². The summed E-state index contributed by atoms with van der Waals surface area (Å²) in [6.07, 6.45) is -0.215. The first-order chi connectivity index (χ1) is 9.04. The predicted molar refractivity (Wildman–Crippen MR) is 69.6 cm³/mol. The highest BCUT2D eigenvalue weighted by Gasteiger charge is 2.11. The molecule has 5 nitrogen and oxygen atoms in total. The highest BCUT2D eigenvalue weighted by atomic mass is 32.1. The first-order valence-corrected chi connectivity index (χ1v) is 6.39. The molecule has 1 atom stereocenters. The Morgan fingerprint density at radius 3 is 3.05 bits per heavy atom. The van der Waals surface area contributed by atoms with Gasteiger partial charge in [-0.25, -0.2) is 9.37 Å². The number of carbonyl (C=O) groups is 1. The van der Waals surface area contributed by atoms with Crippen LogP contribution in [0.1, 0.15) is 23.1 Å². The van der Waals surface area contributed by atoms with Crippen LogP contribution >= 0.6 is 11.5 Å². The summed E-state index contributed by atoms with van der Waals surface area (Å²) < 4.78 is 17.0. The molecule has 0 saturated carbocycles. The fourth-order valence-corrected chi connectivity index (χ4v) is 2.04. The molecule has 0 saturated heterocycles. The van der Waals surface area contributed by atoms with E-state index in [1.165, 1.54) is 18.2 Å². The average molecular weight is 281 g/mol. The fourth-order valence-electron chi connectivity index (χ4n) is 1.45. The average Bonchev–Trinajstić information content (AvgIpc) is 2.75. The van der Waals surface area contributed by atoms with E-state index in [-0.39, 0.29) is 5.56 Å². The van der Waals surface area contributed by atoms with Crippen molar-refractivity contribution < 1.29 is 14.3 Å². The topological polar surface area (TPSA) is 75.1 Å². The second-order valence-electron chi connectivity index (χ2n) is 4.03. The van der Waals surface area contributed by atoms with Crippen LogP contribution in [0.4, 0.5) is 9.52 Å². The largest absolute Gasteiger partial charge is 0.393 e. The van der Waals surface area contributed by atoms with Crippen LogP contribution in [-0.4, -0.2) is 26.5 Å². The Bertz CT molecular complexity index is 586. The first kappa shape index (κ1) is 13.6. The Hall–Kier alpha value is -1.86. The molecule has 7 heteroatoms. The van der Waals surface area contributed by atoms with Gasteiger partial charge in [-0.3, -0.25) is 10.1 Å². The number of amides is 1. The summed E-state index contributed by atoms with van der Waals surface area (Å²) in [4.78, 5) is 15.9. The molecule has 0 radical (unpaired) electrons. The van der Waals surface area contributed by atoms with Gasteiger partial charge in [-0.05, 0) is 25.1 Å². The third-order valence-corrected chi connectivity index (χ3v) is 2.92. The van der Waals surface area contributed by atoms with Gasteiger partial charge in [-0.15, -0.1) is 0 Å². The molecule has 2 aromatic rings. The third-order valence-electron chi connectivity index (χ3n) is 2.25. The molecule has 0 aliphatic carbocycles. The minimum atomic E-state index is -0.540. The molecular formula is C12H12FN3O2S. The van der Waals surface area contributed by atoms with E-state index in [4.69, 9.17) is 0 Å². The maximum atomic E-state index is 13.0. The molecule has 0 aliphatic rings. The number of hydrogen-bond acceptors (Lipinski definition) is 5. The third kappa shape index (κ3) is 3.80. The predicted octanol–water partition coefficient (Wildman–Crippen LogP) is 1.85. The van der Waals surface area contributed by atoms with Gasteiger partial charge in [-0.2, -0.15) is 4.37 Å². The van der Waals surface area contributed by atoms with E-state index in [0.29, 0.717) is 17.4 Å². The number of nitrogens with zero attached hydrogens (tertiary/aromatic N) is 2. The summed E-state index contributed by atoms with van der Waals surface area (Å²) in [6.45, 7) is 1.63. The Morgan fingerprint density at radius 2 is 2.37 bits per heavy atom.